The zero-order chi connectivity index (χ0) is 19.9. The Hall–Kier alpha value is -2.63. The number of nitrogens with zero attached hydrogens (tertiary/aromatic N) is 3. The number of halogens is 1. The number of aromatic nitrogens is 3. The van der Waals surface area contributed by atoms with Crippen LogP contribution in [-0.4, -0.2) is 21.4 Å². The van der Waals surface area contributed by atoms with Gasteiger partial charge in [0.2, 0.25) is 0 Å². The number of benzene rings is 2. The van der Waals surface area contributed by atoms with E-state index in [9.17, 15) is 0 Å². The van der Waals surface area contributed by atoms with Crippen LogP contribution in [-0.2, 0) is 4.74 Å². The Balaban J connectivity index is 1.85. The highest BCUT2D eigenvalue weighted by Gasteiger charge is 2.26. The predicted octanol–water partition coefficient (Wildman–Crippen LogP) is 5.93. The summed E-state index contributed by atoms with van der Waals surface area (Å²) in [4.78, 5) is 4.07. The lowest BCUT2D eigenvalue weighted by molar-refractivity contribution is -0.0119. The third-order valence-corrected chi connectivity index (χ3v) is 4.81. The summed E-state index contributed by atoms with van der Waals surface area (Å²) in [6.07, 6.45) is 5.58. The molecule has 2 unspecified atom stereocenters. The number of aryl methyl sites for hydroxylation is 1. The van der Waals surface area contributed by atoms with Gasteiger partial charge in [-0.05, 0) is 60.9 Å². The van der Waals surface area contributed by atoms with Gasteiger partial charge in [-0.1, -0.05) is 30.7 Å². The Labute approximate surface area is 170 Å². The molecule has 0 aliphatic carbocycles. The molecular formula is C22H24ClN3O2. The Morgan fingerprint density at radius 3 is 2.54 bits per heavy atom. The Morgan fingerprint density at radius 1 is 1.18 bits per heavy atom. The first-order valence-electron chi connectivity index (χ1n) is 9.23. The van der Waals surface area contributed by atoms with E-state index >= 15 is 0 Å². The molecule has 0 radical (unpaired) electrons. The zero-order valence-electron chi connectivity index (χ0n) is 16.1. The van der Waals surface area contributed by atoms with Crippen molar-refractivity contribution in [2.24, 2.45) is 0 Å². The van der Waals surface area contributed by atoms with Gasteiger partial charge in [0.15, 0.2) is 6.23 Å². The normalized spacial score (nSPS) is 13.1. The van der Waals surface area contributed by atoms with Gasteiger partial charge in [-0.15, -0.1) is 6.58 Å². The molecular weight excluding hydrogens is 374 g/mol. The monoisotopic (exact) mass is 397 g/mol. The Bertz CT molecular complexity index is 895. The van der Waals surface area contributed by atoms with Gasteiger partial charge in [-0.2, -0.15) is 5.10 Å². The molecule has 0 amide bonds. The first-order chi connectivity index (χ1) is 13.6. The molecule has 0 bridgehead atoms. The summed E-state index contributed by atoms with van der Waals surface area (Å²) in [7, 11) is 0. The number of rotatable bonds is 9. The van der Waals surface area contributed by atoms with Crippen LogP contribution in [0.1, 0.15) is 36.6 Å². The molecule has 28 heavy (non-hydrogen) atoms. The second-order valence-corrected chi connectivity index (χ2v) is 6.91. The molecule has 1 heterocycles. The van der Waals surface area contributed by atoms with E-state index in [1.807, 2.05) is 36.4 Å². The minimum atomic E-state index is -0.257. The second-order valence-electron chi connectivity index (χ2n) is 6.48. The van der Waals surface area contributed by atoms with Gasteiger partial charge in [0.05, 0.1) is 6.61 Å². The van der Waals surface area contributed by atoms with E-state index in [0.717, 1.165) is 23.5 Å². The second kappa shape index (κ2) is 9.53. The van der Waals surface area contributed by atoms with Crippen molar-refractivity contribution in [1.29, 1.82) is 0 Å². The fourth-order valence-electron chi connectivity index (χ4n) is 3.23. The minimum absolute atomic E-state index is 0.117. The molecule has 2 atom stereocenters. The summed E-state index contributed by atoms with van der Waals surface area (Å²) < 4.78 is 13.7. The Kier molecular flexibility index (Phi) is 6.85. The first-order valence-corrected chi connectivity index (χ1v) is 9.60. The van der Waals surface area contributed by atoms with Crippen molar-refractivity contribution in [2.45, 2.75) is 32.4 Å². The first kappa shape index (κ1) is 20.1. The van der Waals surface area contributed by atoms with Crippen LogP contribution in [0.3, 0.4) is 0 Å². The molecule has 5 nitrogen and oxygen atoms in total. The molecule has 2 aromatic carbocycles. The molecule has 0 fully saturated rings. The molecule has 3 rings (SSSR count). The highest BCUT2D eigenvalue weighted by molar-refractivity contribution is 6.30. The van der Waals surface area contributed by atoms with E-state index in [-0.39, 0.29) is 12.1 Å². The van der Waals surface area contributed by atoms with Crippen LogP contribution in [0.15, 0.2) is 67.8 Å². The van der Waals surface area contributed by atoms with Crippen LogP contribution in [0.2, 0.25) is 5.02 Å². The molecule has 3 aromatic rings. The predicted molar refractivity (Wildman–Crippen MR) is 111 cm³/mol. The van der Waals surface area contributed by atoms with E-state index in [1.54, 1.807) is 17.1 Å². The molecule has 0 saturated carbocycles. The van der Waals surface area contributed by atoms with Crippen molar-refractivity contribution in [3.05, 3.63) is 83.9 Å². The van der Waals surface area contributed by atoms with Gasteiger partial charge in [0.25, 0.3) is 0 Å². The van der Waals surface area contributed by atoms with Gasteiger partial charge in [-0.25, -0.2) is 9.67 Å². The lowest BCUT2D eigenvalue weighted by Gasteiger charge is -2.27. The maximum atomic E-state index is 6.03. The van der Waals surface area contributed by atoms with E-state index in [2.05, 4.69) is 36.6 Å². The van der Waals surface area contributed by atoms with Crippen molar-refractivity contribution in [1.82, 2.24) is 14.8 Å². The van der Waals surface area contributed by atoms with Gasteiger partial charge < -0.3 is 9.47 Å². The molecule has 6 heteroatoms. The summed E-state index contributed by atoms with van der Waals surface area (Å²) in [5.41, 5.74) is 2.32. The van der Waals surface area contributed by atoms with Crippen LogP contribution in [0.25, 0.3) is 0 Å². The highest BCUT2D eigenvalue weighted by Crippen LogP contribution is 2.36. The molecule has 0 N–H and O–H groups in total. The quantitative estimate of drug-likeness (QED) is 0.420. The Morgan fingerprint density at radius 2 is 1.93 bits per heavy atom. The third-order valence-electron chi connectivity index (χ3n) is 4.56. The van der Waals surface area contributed by atoms with Crippen molar-refractivity contribution >= 4 is 11.6 Å². The van der Waals surface area contributed by atoms with Gasteiger partial charge >= 0.3 is 0 Å². The van der Waals surface area contributed by atoms with Gasteiger partial charge in [0, 0.05) is 10.9 Å². The van der Waals surface area contributed by atoms with Crippen molar-refractivity contribution in [2.75, 3.05) is 6.61 Å². The van der Waals surface area contributed by atoms with E-state index in [1.165, 1.54) is 11.9 Å². The van der Waals surface area contributed by atoms with E-state index in [0.29, 0.717) is 11.6 Å². The fraction of sp³-hybridized carbons (Fsp3) is 0.273. The van der Waals surface area contributed by atoms with Crippen LogP contribution in [0, 0.1) is 6.92 Å². The third kappa shape index (κ3) is 4.80. The summed E-state index contributed by atoms with van der Waals surface area (Å²) in [5, 5.41) is 4.97. The lowest BCUT2D eigenvalue weighted by Crippen LogP contribution is -2.22. The molecule has 1 aromatic heterocycles. The summed E-state index contributed by atoms with van der Waals surface area (Å²) in [6, 6.07) is 13.4. The number of hydrogen-bond acceptors (Lipinski definition) is 4. The van der Waals surface area contributed by atoms with Crippen LogP contribution in [0.4, 0.5) is 0 Å². The summed E-state index contributed by atoms with van der Waals surface area (Å²) in [5.74, 6) is 1.65. The van der Waals surface area contributed by atoms with Crippen molar-refractivity contribution in [3.63, 3.8) is 0 Å². The molecule has 0 aliphatic heterocycles. The maximum absolute atomic E-state index is 6.03. The summed E-state index contributed by atoms with van der Waals surface area (Å²) in [6.45, 7) is 8.42. The topological polar surface area (TPSA) is 49.2 Å². The standard InChI is InChI=1S/C22H24ClN3O2/c1-4-12-27-22(26-15-24-14-25-26)20(5-2)21-11-10-19(13-16(21)3)28-18-8-6-17(23)7-9-18/h4,6-11,13-15,20,22H,1,5,12H2,2-3H3. The molecule has 0 aliphatic rings. The van der Waals surface area contributed by atoms with E-state index < -0.39 is 0 Å². The van der Waals surface area contributed by atoms with Crippen LogP contribution < -0.4 is 4.74 Å². The largest absolute Gasteiger partial charge is 0.457 e. The SMILES string of the molecule is C=CCOC(C(CC)c1ccc(Oc2ccc(Cl)cc2)cc1C)n1cncn1. The number of hydrogen-bond donors (Lipinski definition) is 0. The zero-order valence-corrected chi connectivity index (χ0v) is 16.8. The average Bonchev–Trinajstić information content (AvgIpc) is 3.22. The minimum Gasteiger partial charge on any atom is -0.457 e. The molecule has 0 saturated heterocycles. The van der Waals surface area contributed by atoms with E-state index in [4.69, 9.17) is 21.1 Å². The average molecular weight is 398 g/mol. The van der Waals surface area contributed by atoms with Crippen molar-refractivity contribution < 1.29 is 9.47 Å². The number of ether oxygens (including phenoxy) is 2. The van der Waals surface area contributed by atoms with Crippen molar-refractivity contribution in [3.8, 4) is 11.5 Å². The van der Waals surface area contributed by atoms with Gasteiger partial charge in [0.1, 0.15) is 24.2 Å². The molecule has 146 valence electrons. The summed E-state index contributed by atoms with van der Waals surface area (Å²) >= 11 is 5.93. The fourth-order valence-corrected chi connectivity index (χ4v) is 3.36. The highest BCUT2D eigenvalue weighted by atomic mass is 35.5. The van der Waals surface area contributed by atoms with Crippen LogP contribution in [0.5, 0.6) is 11.5 Å². The molecule has 0 spiro atoms. The van der Waals surface area contributed by atoms with Gasteiger partial charge in [-0.3, -0.25) is 0 Å². The maximum Gasteiger partial charge on any atom is 0.159 e. The lowest BCUT2D eigenvalue weighted by atomic mass is 9.91. The smallest absolute Gasteiger partial charge is 0.159 e. The van der Waals surface area contributed by atoms with Crippen LogP contribution >= 0.6 is 11.6 Å².